The minimum absolute atomic E-state index is 0.0291. The van der Waals surface area contributed by atoms with E-state index in [1.54, 1.807) is 29.5 Å². The summed E-state index contributed by atoms with van der Waals surface area (Å²) in [4.78, 5) is 14.3. The van der Waals surface area contributed by atoms with Crippen LogP contribution in [-0.2, 0) is 0 Å². The van der Waals surface area contributed by atoms with Crippen LogP contribution in [0.5, 0.6) is 5.75 Å². The number of benzene rings is 1. The summed E-state index contributed by atoms with van der Waals surface area (Å²) in [5, 5.41) is 12.3. The van der Waals surface area contributed by atoms with E-state index in [1.165, 1.54) is 10.9 Å². The number of carbonyl (C=O) groups is 1. The molecular formula is C14H15NO2S. The molecule has 1 amide bonds. The van der Waals surface area contributed by atoms with E-state index >= 15 is 0 Å². The summed E-state index contributed by atoms with van der Waals surface area (Å²) in [6.07, 6.45) is 0. The fourth-order valence-electron chi connectivity index (χ4n) is 1.68. The molecule has 1 atom stereocenters. The highest BCUT2D eigenvalue weighted by Gasteiger charge is 2.12. The van der Waals surface area contributed by atoms with Gasteiger partial charge in [-0.05, 0) is 44.2 Å². The Labute approximate surface area is 110 Å². The number of phenolic OH excluding ortho intramolecular Hbond substituents is 1. The van der Waals surface area contributed by atoms with Crippen LogP contribution in [0.1, 0.15) is 33.1 Å². The van der Waals surface area contributed by atoms with E-state index in [0.717, 1.165) is 4.88 Å². The lowest BCUT2D eigenvalue weighted by Crippen LogP contribution is -2.25. The molecule has 4 heteroatoms. The highest BCUT2D eigenvalue weighted by molar-refractivity contribution is 7.12. The average Bonchev–Trinajstić information content (AvgIpc) is 2.76. The predicted octanol–water partition coefficient (Wildman–Crippen LogP) is 3.25. The third-order valence-electron chi connectivity index (χ3n) is 2.64. The standard InChI is InChI=1S/C14H15NO2S/c1-9-6-7-13(18-9)10(2)15-14(17)11-4-3-5-12(16)8-11/h3-8,10,16H,1-2H3,(H,15,17). The van der Waals surface area contributed by atoms with E-state index in [1.807, 2.05) is 26.0 Å². The number of amides is 1. The highest BCUT2D eigenvalue weighted by Crippen LogP contribution is 2.22. The van der Waals surface area contributed by atoms with Gasteiger partial charge in [-0.15, -0.1) is 11.3 Å². The Morgan fingerprint density at radius 2 is 2.11 bits per heavy atom. The Kier molecular flexibility index (Phi) is 3.67. The maximum Gasteiger partial charge on any atom is 0.251 e. The molecule has 18 heavy (non-hydrogen) atoms. The molecule has 0 radical (unpaired) electrons. The van der Waals surface area contributed by atoms with Gasteiger partial charge >= 0.3 is 0 Å². The second-order valence-corrected chi connectivity index (χ2v) is 5.51. The number of aromatic hydroxyl groups is 1. The molecule has 2 aromatic rings. The van der Waals surface area contributed by atoms with Gasteiger partial charge in [0.1, 0.15) is 5.75 Å². The second-order valence-electron chi connectivity index (χ2n) is 4.19. The number of aryl methyl sites for hydroxylation is 1. The number of nitrogens with one attached hydrogen (secondary N) is 1. The first-order valence-corrected chi connectivity index (χ1v) is 6.54. The third kappa shape index (κ3) is 2.90. The zero-order chi connectivity index (χ0) is 13.1. The summed E-state index contributed by atoms with van der Waals surface area (Å²) < 4.78 is 0. The van der Waals surface area contributed by atoms with E-state index < -0.39 is 0 Å². The van der Waals surface area contributed by atoms with Gasteiger partial charge in [-0.1, -0.05) is 6.07 Å². The van der Waals surface area contributed by atoms with Crippen molar-refractivity contribution in [2.45, 2.75) is 19.9 Å². The van der Waals surface area contributed by atoms with Crippen molar-refractivity contribution in [3.05, 3.63) is 51.7 Å². The van der Waals surface area contributed by atoms with Crippen LogP contribution in [0.3, 0.4) is 0 Å². The third-order valence-corrected chi connectivity index (χ3v) is 3.83. The molecule has 0 spiro atoms. The van der Waals surface area contributed by atoms with Crippen molar-refractivity contribution < 1.29 is 9.90 Å². The zero-order valence-electron chi connectivity index (χ0n) is 10.3. The van der Waals surface area contributed by atoms with E-state index in [2.05, 4.69) is 5.32 Å². The molecule has 94 valence electrons. The van der Waals surface area contributed by atoms with Crippen molar-refractivity contribution in [1.82, 2.24) is 5.32 Å². The molecule has 2 rings (SSSR count). The van der Waals surface area contributed by atoms with Gasteiger partial charge in [0.05, 0.1) is 6.04 Å². The Morgan fingerprint density at radius 3 is 2.72 bits per heavy atom. The molecule has 2 N–H and O–H groups in total. The molecule has 0 saturated carbocycles. The largest absolute Gasteiger partial charge is 0.508 e. The first-order chi connectivity index (χ1) is 8.56. The summed E-state index contributed by atoms with van der Waals surface area (Å²) in [5.41, 5.74) is 0.468. The lowest BCUT2D eigenvalue weighted by Gasteiger charge is -2.12. The number of carbonyl (C=O) groups excluding carboxylic acids is 1. The molecule has 1 heterocycles. The summed E-state index contributed by atoms with van der Waals surface area (Å²) in [6, 6.07) is 10.4. The molecule has 1 unspecified atom stereocenters. The summed E-state index contributed by atoms with van der Waals surface area (Å²) in [6.45, 7) is 3.99. The molecule has 1 aromatic carbocycles. The average molecular weight is 261 g/mol. The number of thiophene rings is 1. The molecule has 0 aliphatic rings. The van der Waals surface area contributed by atoms with Crippen LogP contribution >= 0.6 is 11.3 Å². The van der Waals surface area contributed by atoms with E-state index in [9.17, 15) is 9.90 Å². The van der Waals surface area contributed by atoms with Gasteiger partial charge in [-0.2, -0.15) is 0 Å². The second kappa shape index (κ2) is 5.23. The van der Waals surface area contributed by atoms with Crippen LogP contribution in [0.15, 0.2) is 36.4 Å². The van der Waals surface area contributed by atoms with Crippen LogP contribution in [0.2, 0.25) is 0 Å². The van der Waals surface area contributed by atoms with Crippen molar-refractivity contribution in [2.24, 2.45) is 0 Å². The molecule has 0 bridgehead atoms. The smallest absolute Gasteiger partial charge is 0.251 e. The summed E-state index contributed by atoms with van der Waals surface area (Å²) in [5.74, 6) is -0.0771. The van der Waals surface area contributed by atoms with Gasteiger partial charge in [-0.25, -0.2) is 0 Å². The SMILES string of the molecule is Cc1ccc(C(C)NC(=O)c2cccc(O)c2)s1. The predicted molar refractivity (Wildman–Crippen MR) is 73.0 cm³/mol. The van der Waals surface area contributed by atoms with Crippen molar-refractivity contribution in [1.29, 1.82) is 0 Å². The Morgan fingerprint density at radius 1 is 1.33 bits per heavy atom. The molecule has 0 aliphatic carbocycles. The first-order valence-electron chi connectivity index (χ1n) is 5.72. The Bertz CT molecular complexity index is 562. The monoisotopic (exact) mass is 261 g/mol. The van der Waals surface area contributed by atoms with Gasteiger partial charge in [0, 0.05) is 15.3 Å². The van der Waals surface area contributed by atoms with Crippen molar-refractivity contribution >= 4 is 17.2 Å². The molecule has 3 nitrogen and oxygen atoms in total. The number of hydrogen-bond acceptors (Lipinski definition) is 3. The summed E-state index contributed by atoms with van der Waals surface area (Å²) >= 11 is 1.67. The lowest BCUT2D eigenvalue weighted by molar-refractivity contribution is 0.0940. The number of rotatable bonds is 3. The Hall–Kier alpha value is -1.81. The van der Waals surface area contributed by atoms with Gasteiger partial charge in [0.15, 0.2) is 0 Å². The fraction of sp³-hybridized carbons (Fsp3) is 0.214. The molecule has 0 aliphatic heterocycles. The number of hydrogen-bond donors (Lipinski definition) is 2. The fourth-order valence-corrected chi connectivity index (χ4v) is 2.56. The minimum Gasteiger partial charge on any atom is -0.508 e. The normalized spacial score (nSPS) is 12.1. The first kappa shape index (κ1) is 12.6. The zero-order valence-corrected chi connectivity index (χ0v) is 11.1. The van der Waals surface area contributed by atoms with E-state index in [-0.39, 0.29) is 17.7 Å². The topological polar surface area (TPSA) is 49.3 Å². The van der Waals surface area contributed by atoms with Gasteiger partial charge < -0.3 is 10.4 Å². The number of phenols is 1. The molecule has 0 saturated heterocycles. The minimum atomic E-state index is -0.176. The summed E-state index contributed by atoms with van der Waals surface area (Å²) in [7, 11) is 0. The maximum absolute atomic E-state index is 12.0. The van der Waals surface area contributed by atoms with E-state index in [4.69, 9.17) is 0 Å². The van der Waals surface area contributed by atoms with Gasteiger partial charge in [0.2, 0.25) is 0 Å². The lowest BCUT2D eigenvalue weighted by atomic mass is 10.2. The molecular weight excluding hydrogens is 246 g/mol. The van der Waals surface area contributed by atoms with Crippen LogP contribution in [0, 0.1) is 6.92 Å². The van der Waals surface area contributed by atoms with Gasteiger partial charge in [0.25, 0.3) is 5.91 Å². The highest BCUT2D eigenvalue weighted by atomic mass is 32.1. The van der Waals surface area contributed by atoms with Crippen LogP contribution < -0.4 is 5.32 Å². The quantitative estimate of drug-likeness (QED) is 0.891. The molecule has 0 fully saturated rings. The Balaban J connectivity index is 2.08. The van der Waals surface area contributed by atoms with Crippen molar-refractivity contribution in [2.75, 3.05) is 0 Å². The van der Waals surface area contributed by atoms with Crippen molar-refractivity contribution in [3.63, 3.8) is 0 Å². The van der Waals surface area contributed by atoms with Gasteiger partial charge in [-0.3, -0.25) is 4.79 Å². The maximum atomic E-state index is 12.0. The van der Waals surface area contributed by atoms with Crippen LogP contribution in [-0.4, -0.2) is 11.0 Å². The van der Waals surface area contributed by atoms with Crippen LogP contribution in [0.25, 0.3) is 0 Å². The molecule has 1 aromatic heterocycles. The van der Waals surface area contributed by atoms with Crippen LogP contribution in [0.4, 0.5) is 0 Å². The van der Waals surface area contributed by atoms with Crippen molar-refractivity contribution in [3.8, 4) is 5.75 Å². The van der Waals surface area contributed by atoms with E-state index in [0.29, 0.717) is 5.56 Å².